The van der Waals surface area contributed by atoms with Crippen LogP contribution in [0.5, 0.6) is 0 Å². The molecule has 0 unspecified atom stereocenters. The molecule has 1 N–H and O–H groups in total. The van der Waals surface area contributed by atoms with Gasteiger partial charge in [-0.1, -0.05) is 36.8 Å². The Bertz CT molecular complexity index is 368. The maximum atomic E-state index is 10.2. The van der Waals surface area contributed by atoms with Crippen LogP contribution in [-0.2, 0) is 0 Å². The molecule has 0 spiro atoms. The third kappa shape index (κ3) is 1.88. The van der Waals surface area contributed by atoms with Crippen LogP contribution < -0.4 is 0 Å². The minimum absolute atomic E-state index is 0.0163. The predicted octanol–water partition coefficient (Wildman–Crippen LogP) is 2.60. The number of hydrogen-bond donors (Lipinski definition) is 1. The standard InChI is InChI=1S/C13H15NO/c14-10-13(15)9-5-4-8-12(13)11-6-2-1-3-7-11/h1-3,6-7,12,15H,4-5,8-9H2/t12-,13+/m1/s1. The molecule has 0 amide bonds. The molecule has 2 rings (SSSR count). The van der Waals surface area contributed by atoms with Crippen LogP contribution in [0, 0.1) is 11.3 Å². The first-order chi connectivity index (χ1) is 7.26. The second-order valence-electron chi connectivity index (χ2n) is 4.25. The van der Waals surface area contributed by atoms with E-state index in [9.17, 15) is 5.11 Å². The van der Waals surface area contributed by atoms with Crippen LogP contribution in [0.1, 0.15) is 37.2 Å². The van der Waals surface area contributed by atoms with Gasteiger partial charge in [0.1, 0.15) is 0 Å². The van der Waals surface area contributed by atoms with Crippen molar-refractivity contribution in [2.75, 3.05) is 0 Å². The molecule has 1 fully saturated rings. The number of aliphatic hydroxyl groups is 1. The van der Waals surface area contributed by atoms with Gasteiger partial charge in [0.25, 0.3) is 0 Å². The molecular weight excluding hydrogens is 186 g/mol. The van der Waals surface area contributed by atoms with Crippen LogP contribution in [0.15, 0.2) is 30.3 Å². The van der Waals surface area contributed by atoms with Crippen molar-refractivity contribution in [2.24, 2.45) is 0 Å². The van der Waals surface area contributed by atoms with Crippen molar-refractivity contribution >= 4 is 0 Å². The van der Waals surface area contributed by atoms with Gasteiger partial charge in [-0.15, -0.1) is 0 Å². The molecule has 0 aromatic heterocycles. The minimum atomic E-state index is -1.15. The Balaban J connectivity index is 2.31. The Kier molecular flexibility index (Phi) is 2.75. The fourth-order valence-corrected chi connectivity index (χ4v) is 2.42. The molecule has 0 radical (unpaired) electrons. The monoisotopic (exact) mass is 201 g/mol. The molecule has 0 saturated heterocycles. The van der Waals surface area contributed by atoms with Gasteiger partial charge in [0, 0.05) is 5.92 Å². The normalized spacial score (nSPS) is 30.8. The zero-order valence-electron chi connectivity index (χ0n) is 8.69. The molecule has 2 nitrogen and oxygen atoms in total. The van der Waals surface area contributed by atoms with E-state index in [1.807, 2.05) is 30.3 Å². The maximum absolute atomic E-state index is 10.2. The van der Waals surface area contributed by atoms with Crippen LogP contribution >= 0.6 is 0 Å². The minimum Gasteiger partial charge on any atom is -0.375 e. The number of hydrogen-bond acceptors (Lipinski definition) is 2. The van der Waals surface area contributed by atoms with Crippen LogP contribution in [0.25, 0.3) is 0 Å². The predicted molar refractivity (Wildman–Crippen MR) is 58.2 cm³/mol. The van der Waals surface area contributed by atoms with E-state index in [1.54, 1.807) is 0 Å². The number of rotatable bonds is 1. The van der Waals surface area contributed by atoms with Crippen LogP contribution in [-0.4, -0.2) is 10.7 Å². The van der Waals surface area contributed by atoms with Crippen molar-refractivity contribution in [3.63, 3.8) is 0 Å². The van der Waals surface area contributed by atoms with E-state index >= 15 is 0 Å². The van der Waals surface area contributed by atoms with E-state index in [0.29, 0.717) is 6.42 Å². The van der Waals surface area contributed by atoms with Gasteiger partial charge >= 0.3 is 0 Å². The van der Waals surface area contributed by atoms with E-state index in [4.69, 9.17) is 5.26 Å². The van der Waals surface area contributed by atoms with Crippen molar-refractivity contribution < 1.29 is 5.11 Å². The second-order valence-corrected chi connectivity index (χ2v) is 4.25. The quantitative estimate of drug-likeness (QED) is 0.710. The molecule has 15 heavy (non-hydrogen) atoms. The molecule has 1 aliphatic carbocycles. The lowest BCUT2D eigenvalue weighted by Gasteiger charge is -2.34. The average Bonchev–Trinajstić information content (AvgIpc) is 2.31. The molecule has 0 heterocycles. The lowest BCUT2D eigenvalue weighted by molar-refractivity contribution is 0.0361. The maximum Gasteiger partial charge on any atom is 0.157 e. The van der Waals surface area contributed by atoms with Gasteiger partial charge in [0.15, 0.2) is 5.60 Å². The van der Waals surface area contributed by atoms with Crippen molar-refractivity contribution in [2.45, 2.75) is 37.2 Å². The molecule has 1 aromatic carbocycles. The first-order valence-electron chi connectivity index (χ1n) is 5.45. The highest BCUT2D eigenvalue weighted by Gasteiger charge is 2.39. The molecule has 1 aliphatic rings. The van der Waals surface area contributed by atoms with Crippen molar-refractivity contribution in [1.82, 2.24) is 0 Å². The Morgan fingerprint density at radius 2 is 2.00 bits per heavy atom. The van der Waals surface area contributed by atoms with Gasteiger partial charge in [-0.05, 0) is 24.8 Å². The summed E-state index contributed by atoms with van der Waals surface area (Å²) in [5.74, 6) is -0.0163. The average molecular weight is 201 g/mol. The van der Waals surface area contributed by atoms with Gasteiger partial charge in [0.05, 0.1) is 6.07 Å². The summed E-state index contributed by atoms with van der Waals surface area (Å²) in [6.45, 7) is 0. The van der Waals surface area contributed by atoms with Gasteiger partial charge < -0.3 is 5.11 Å². The molecule has 1 saturated carbocycles. The van der Waals surface area contributed by atoms with Crippen LogP contribution in [0.3, 0.4) is 0 Å². The van der Waals surface area contributed by atoms with Crippen LogP contribution in [0.2, 0.25) is 0 Å². The lowest BCUT2D eigenvalue weighted by Crippen LogP contribution is -2.37. The summed E-state index contributed by atoms with van der Waals surface area (Å²) in [6, 6.07) is 12.0. The lowest BCUT2D eigenvalue weighted by atomic mass is 9.73. The fourth-order valence-electron chi connectivity index (χ4n) is 2.42. The topological polar surface area (TPSA) is 44.0 Å². The fraction of sp³-hybridized carbons (Fsp3) is 0.462. The summed E-state index contributed by atoms with van der Waals surface area (Å²) in [4.78, 5) is 0. The summed E-state index contributed by atoms with van der Waals surface area (Å²) in [7, 11) is 0. The van der Waals surface area contributed by atoms with E-state index in [-0.39, 0.29) is 5.92 Å². The molecular formula is C13H15NO. The van der Waals surface area contributed by atoms with Gasteiger partial charge in [0.2, 0.25) is 0 Å². The van der Waals surface area contributed by atoms with E-state index in [2.05, 4.69) is 6.07 Å². The second kappa shape index (κ2) is 4.04. The third-order valence-electron chi connectivity index (χ3n) is 3.27. The summed E-state index contributed by atoms with van der Waals surface area (Å²) in [6.07, 6.45) is 3.56. The van der Waals surface area contributed by atoms with Crippen LogP contribution in [0.4, 0.5) is 0 Å². The van der Waals surface area contributed by atoms with Gasteiger partial charge in [-0.25, -0.2) is 0 Å². The molecule has 2 atom stereocenters. The zero-order valence-corrected chi connectivity index (χ0v) is 8.69. The molecule has 1 aromatic rings. The summed E-state index contributed by atoms with van der Waals surface area (Å²) < 4.78 is 0. The zero-order chi connectivity index (χ0) is 10.7. The smallest absolute Gasteiger partial charge is 0.157 e. The Labute approximate surface area is 90.2 Å². The number of nitrogens with zero attached hydrogens (tertiary/aromatic N) is 1. The summed E-state index contributed by atoms with van der Waals surface area (Å²) >= 11 is 0. The van der Waals surface area contributed by atoms with E-state index < -0.39 is 5.60 Å². The molecule has 0 bridgehead atoms. The van der Waals surface area contributed by atoms with E-state index in [0.717, 1.165) is 24.8 Å². The van der Waals surface area contributed by atoms with Gasteiger partial charge in [-0.3, -0.25) is 0 Å². The molecule has 78 valence electrons. The number of nitriles is 1. The Morgan fingerprint density at radius 3 is 2.67 bits per heavy atom. The number of benzene rings is 1. The highest BCUT2D eigenvalue weighted by Crippen LogP contribution is 2.40. The third-order valence-corrected chi connectivity index (χ3v) is 3.27. The summed E-state index contributed by atoms with van der Waals surface area (Å²) in [5, 5.41) is 19.3. The van der Waals surface area contributed by atoms with Crippen molar-refractivity contribution in [3.05, 3.63) is 35.9 Å². The van der Waals surface area contributed by atoms with Gasteiger partial charge in [-0.2, -0.15) is 5.26 Å². The Hall–Kier alpha value is -1.33. The highest BCUT2D eigenvalue weighted by atomic mass is 16.3. The highest BCUT2D eigenvalue weighted by molar-refractivity contribution is 5.27. The largest absolute Gasteiger partial charge is 0.375 e. The first-order valence-corrected chi connectivity index (χ1v) is 5.45. The first kappa shape index (κ1) is 10.2. The Morgan fingerprint density at radius 1 is 1.27 bits per heavy atom. The summed E-state index contributed by atoms with van der Waals surface area (Å²) in [5.41, 5.74) is -0.0687. The molecule has 0 aliphatic heterocycles. The molecule has 2 heteroatoms. The van der Waals surface area contributed by atoms with Crippen molar-refractivity contribution in [1.29, 1.82) is 5.26 Å². The van der Waals surface area contributed by atoms with Crippen molar-refractivity contribution in [3.8, 4) is 6.07 Å². The SMILES string of the molecule is N#C[C@@]1(O)CCCC[C@@H]1c1ccccc1. The van der Waals surface area contributed by atoms with E-state index in [1.165, 1.54) is 0 Å².